The summed E-state index contributed by atoms with van der Waals surface area (Å²) < 4.78 is 2.25. The van der Waals surface area contributed by atoms with Crippen LogP contribution < -0.4 is 11.1 Å². The summed E-state index contributed by atoms with van der Waals surface area (Å²) in [6.07, 6.45) is 0. The zero-order chi connectivity index (χ0) is 17.3. The van der Waals surface area contributed by atoms with Gasteiger partial charge in [-0.3, -0.25) is 4.79 Å². The molecule has 0 aliphatic carbocycles. The second-order valence-electron chi connectivity index (χ2n) is 5.74. The van der Waals surface area contributed by atoms with Gasteiger partial charge in [0.1, 0.15) is 6.54 Å². The van der Waals surface area contributed by atoms with Gasteiger partial charge in [0, 0.05) is 41.1 Å². The van der Waals surface area contributed by atoms with Crippen LogP contribution in [0.5, 0.6) is 0 Å². The minimum absolute atomic E-state index is 0.0793. The van der Waals surface area contributed by atoms with Gasteiger partial charge in [-0.1, -0.05) is 18.2 Å². The van der Waals surface area contributed by atoms with Gasteiger partial charge in [-0.15, -0.1) is 0 Å². The molecule has 6 heteroatoms. The number of benzene rings is 2. The number of aryl methyl sites for hydroxylation is 1. The van der Waals surface area contributed by atoms with Crippen LogP contribution in [0.2, 0.25) is 0 Å². The fourth-order valence-corrected chi connectivity index (χ4v) is 2.97. The van der Waals surface area contributed by atoms with Crippen molar-refractivity contribution >= 4 is 39.4 Å². The van der Waals surface area contributed by atoms with Gasteiger partial charge in [0.25, 0.3) is 0 Å². The summed E-state index contributed by atoms with van der Waals surface area (Å²) in [4.78, 5) is 24.2. The first-order valence-electron chi connectivity index (χ1n) is 7.82. The van der Waals surface area contributed by atoms with Gasteiger partial charge in [0.15, 0.2) is 0 Å². The lowest BCUT2D eigenvalue weighted by Gasteiger charge is -2.13. The Morgan fingerprint density at radius 1 is 1.12 bits per heavy atom. The van der Waals surface area contributed by atoms with Crippen LogP contribution in [-0.4, -0.2) is 35.0 Å². The number of para-hydroxylation sites is 1. The number of nitrogens with one attached hydrogen (secondary N) is 1. The number of carbonyl (C=O) groups excluding carboxylic acids is 2. The van der Waals surface area contributed by atoms with Crippen molar-refractivity contribution in [3.05, 3.63) is 42.5 Å². The van der Waals surface area contributed by atoms with E-state index in [0.717, 1.165) is 27.7 Å². The van der Waals surface area contributed by atoms with Crippen molar-refractivity contribution in [3.8, 4) is 0 Å². The SMILES string of the molecule is CCn1c2ccccc2c2cc(NC(=O)CN(C)C(N)=O)ccc21. The average molecular weight is 324 g/mol. The number of nitrogens with two attached hydrogens (primary N) is 1. The Morgan fingerprint density at radius 2 is 1.83 bits per heavy atom. The highest BCUT2D eigenvalue weighted by Crippen LogP contribution is 2.30. The molecule has 1 aromatic heterocycles. The molecule has 0 aliphatic heterocycles. The Kier molecular flexibility index (Phi) is 4.12. The third kappa shape index (κ3) is 2.78. The highest BCUT2D eigenvalue weighted by atomic mass is 16.2. The Morgan fingerprint density at radius 3 is 2.54 bits per heavy atom. The molecule has 3 aromatic rings. The number of hydrogen-bond donors (Lipinski definition) is 2. The normalized spacial score (nSPS) is 10.9. The molecule has 3 N–H and O–H groups in total. The van der Waals surface area contributed by atoms with E-state index in [1.165, 1.54) is 12.6 Å². The molecule has 6 nitrogen and oxygen atoms in total. The summed E-state index contributed by atoms with van der Waals surface area (Å²) in [7, 11) is 1.49. The largest absolute Gasteiger partial charge is 0.351 e. The number of urea groups is 1. The van der Waals surface area contributed by atoms with Crippen LogP contribution in [0.4, 0.5) is 10.5 Å². The minimum Gasteiger partial charge on any atom is -0.351 e. The minimum atomic E-state index is -0.633. The van der Waals surface area contributed by atoms with E-state index in [4.69, 9.17) is 5.73 Å². The summed E-state index contributed by atoms with van der Waals surface area (Å²) >= 11 is 0. The number of fused-ring (bicyclic) bond motifs is 3. The molecule has 0 unspecified atom stereocenters. The molecule has 0 atom stereocenters. The van der Waals surface area contributed by atoms with Crippen LogP contribution in [0.3, 0.4) is 0 Å². The molecule has 1 heterocycles. The topological polar surface area (TPSA) is 80.4 Å². The van der Waals surface area contributed by atoms with Crippen molar-refractivity contribution in [2.75, 3.05) is 18.9 Å². The average Bonchev–Trinajstić information content (AvgIpc) is 2.87. The number of hydrogen-bond acceptors (Lipinski definition) is 2. The standard InChI is InChI=1S/C18H20N4O2/c1-3-22-15-7-5-4-6-13(15)14-10-12(8-9-16(14)22)20-17(23)11-21(2)18(19)24/h4-10H,3,11H2,1-2H3,(H2,19,24)(H,20,23). The number of carbonyl (C=O) groups is 2. The second-order valence-corrected chi connectivity index (χ2v) is 5.74. The van der Waals surface area contributed by atoms with Crippen LogP contribution in [0.1, 0.15) is 6.92 Å². The molecule has 2 aromatic carbocycles. The summed E-state index contributed by atoms with van der Waals surface area (Å²) in [5, 5.41) is 5.06. The maximum absolute atomic E-state index is 12.0. The Hall–Kier alpha value is -3.02. The fraction of sp³-hybridized carbons (Fsp3) is 0.222. The second kappa shape index (κ2) is 6.23. The van der Waals surface area contributed by atoms with E-state index in [9.17, 15) is 9.59 Å². The zero-order valence-corrected chi connectivity index (χ0v) is 13.7. The summed E-state index contributed by atoms with van der Waals surface area (Å²) in [5.74, 6) is -0.283. The van der Waals surface area contributed by atoms with Gasteiger partial charge in [-0.05, 0) is 31.2 Å². The van der Waals surface area contributed by atoms with E-state index in [0.29, 0.717) is 5.69 Å². The molecular formula is C18H20N4O2. The summed E-state index contributed by atoms with van der Waals surface area (Å²) in [6.45, 7) is 2.91. The first kappa shape index (κ1) is 15.9. The number of rotatable bonds is 4. The predicted molar refractivity (Wildman–Crippen MR) is 96.0 cm³/mol. The van der Waals surface area contributed by atoms with Gasteiger partial charge in [-0.2, -0.15) is 0 Å². The summed E-state index contributed by atoms with van der Waals surface area (Å²) in [6, 6.07) is 13.4. The van der Waals surface area contributed by atoms with Crippen LogP contribution in [0, 0.1) is 0 Å². The molecule has 0 fully saturated rings. The molecule has 24 heavy (non-hydrogen) atoms. The molecule has 0 spiro atoms. The number of amides is 3. The van der Waals surface area contributed by atoms with Crippen molar-refractivity contribution in [1.82, 2.24) is 9.47 Å². The van der Waals surface area contributed by atoms with E-state index in [1.807, 2.05) is 30.3 Å². The lowest BCUT2D eigenvalue weighted by Crippen LogP contribution is -2.38. The smallest absolute Gasteiger partial charge is 0.314 e. The maximum atomic E-state index is 12.0. The van der Waals surface area contributed by atoms with Gasteiger partial charge < -0.3 is 20.5 Å². The molecule has 0 radical (unpaired) electrons. The third-order valence-corrected chi connectivity index (χ3v) is 4.13. The van der Waals surface area contributed by atoms with E-state index in [2.05, 4.69) is 28.9 Å². The lowest BCUT2D eigenvalue weighted by atomic mass is 10.1. The molecule has 0 aliphatic rings. The Labute approximate surface area is 139 Å². The number of likely N-dealkylation sites (N-methyl/N-ethyl adjacent to an activating group) is 1. The predicted octanol–water partition coefficient (Wildman–Crippen LogP) is 2.76. The maximum Gasteiger partial charge on any atom is 0.314 e. The van der Waals surface area contributed by atoms with Crippen LogP contribution in [-0.2, 0) is 11.3 Å². The first-order chi connectivity index (χ1) is 11.5. The van der Waals surface area contributed by atoms with Gasteiger partial charge in [-0.25, -0.2) is 4.79 Å². The van der Waals surface area contributed by atoms with Crippen molar-refractivity contribution in [1.29, 1.82) is 0 Å². The highest BCUT2D eigenvalue weighted by Gasteiger charge is 2.12. The van der Waals surface area contributed by atoms with Crippen LogP contribution in [0.15, 0.2) is 42.5 Å². The molecule has 124 valence electrons. The molecule has 0 saturated carbocycles. The number of aromatic nitrogens is 1. The molecule has 3 amide bonds. The van der Waals surface area contributed by atoms with Gasteiger partial charge in [0.2, 0.25) is 5.91 Å². The first-order valence-corrected chi connectivity index (χ1v) is 7.82. The molecular weight excluding hydrogens is 304 g/mol. The lowest BCUT2D eigenvalue weighted by molar-refractivity contribution is -0.116. The Bertz CT molecular complexity index is 929. The molecule has 0 saturated heterocycles. The number of anilines is 1. The van der Waals surface area contributed by atoms with E-state index >= 15 is 0 Å². The molecule has 3 rings (SSSR count). The fourth-order valence-electron chi connectivity index (χ4n) is 2.97. The summed E-state index contributed by atoms with van der Waals surface area (Å²) in [5.41, 5.74) is 8.14. The van der Waals surface area contributed by atoms with Crippen LogP contribution in [0.25, 0.3) is 21.8 Å². The highest BCUT2D eigenvalue weighted by molar-refractivity contribution is 6.09. The quantitative estimate of drug-likeness (QED) is 0.774. The molecule has 0 bridgehead atoms. The number of primary amides is 1. The Balaban J connectivity index is 1.95. The van der Waals surface area contributed by atoms with E-state index < -0.39 is 6.03 Å². The van der Waals surface area contributed by atoms with E-state index in [1.54, 1.807) is 0 Å². The van der Waals surface area contributed by atoms with Crippen molar-refractivity contribution < 1.29 is 9.59 Å². The number of nitrogens with zero attached hydrogens (tertiary/aromatic N) is 2. The van der Waals surface area contributed by atoms with E-state index in [-0.39, 0.29) is 12.5 Å². The zero-order valence-electron chi connectivity index (χ0n) is 13.7. The monoisotopic (exact) mass is 324 g/mol. The van der Waals surface area contributed by atoms with Gasteiger partial charge >= 0.3 is 6.03 Å². The third-order valence-electron chi connectivity index (χ3n) is 4.13. The van der Waals surface area contributed by atoms with Crippen molar-refractivity contribution in [2.45, 2.75) is 13.5 Å². The van der Waals surface area contributed by atoms with Crippen molar-refractivity contribution in [3.63, 3.8) is 0 Å². The van der Waals surface area contributed by atoms with Crippen molar-refractivity contribution in [2.24, 2.45) is 5.73 Å². The van der Waals surface area contributed by atoms with Gasteiger partial charge in [0.05, 0.1) is 0 Å². The van der Waals surface area contributed by atoms with Crippen LogP contribution >= 0.6 is 0 Å².